The maximum Gasteiger partial charge on any atom is 0.0871 e. The summed E-state index contributed by atoms with van der Waals surface area (Å²) in [5.74, 6) is 0.389. The van der Waals surface area contributed by atoms with Crippen molar-refractivity contribution in [3.63, 3.8) is 0 Å². The largest absolute Gasteiger partial charge is 0.393 e. The van der Waals surface area contributed by atoms with Crippen LogP contribution in [-0.2, 0) is 11.2 Å². The molecule has 0 aliphatic rings. The molecule has 1 unspecified atom stereocenters. The smallest absolute Gasteiger partial charge is 0.0871 e. The third-order valence-electron chi connectivity index (χ3n) is 4.39. The second kappa shape index (κ2) is 7.92. The molecular formula is C18H30O3. The normalized spacial score (nSPS) is 17.5. The van der Waals surface area contributed by atoms with Gasteiger partial charge in [-0.2, -0.15) is 0 Å². The van der Waals surface area contributed by atoms with E-state index in [4.69, 9.17) is 9.84 Å². The lowest BCUT2D eigenvalue weighted by Gasteiger charge is -2.35. The second-order valence-corrected chi connectivity index (χ2v) is 6.71. The maximum atomic E-state index is 9.84. The molecule has 21 heavy (non-hydrogen) atoms. The zero-order valence-corrected chi connectivity index (χ0v) is 13.8. The highest BCUT2D eigenvalue weighted by molar-refractivity contribution is 5.15. The molecule has 1 rings (SSSR count). The van der Waals surface area contributed by atoms with Gasteiger partial charge in [0.15, 0.2) is 0 Å². The van der Waals surface area contributed by atoms with Crippen LogP contribution in [0.15, 0.2) is 30.3 Å². The van der Waals surface area contributed by atoms with Crippen molar-refractivity contribution in [1.29, 1.82) is 0 Å². The molecule has 120 valence electrons. The molecule has 0 saturated heterocycles. The van der Waals surface area contributed by atoms with Gasteiger partial charge >= 0.3 is 0 Å². The molecule has 3 heteroatoms. The van der Waals surface area contributed by atoms with Crippen LogP contribution in [0.2, 0.25) is 0 Å². The molecule has 1 aromatic rings. The summed E-state index contributed by atoms with van der Waals surface area (Å²) >= 11 is 0. The van der Waals surface area contributed by atoms with E-state index in [0.717, 1.165) is 12.8 Å². The van der Waals surface area contributed by atoms with Crippen molar-refractivity contribution in [2.24, 2.45) is 5.92 Å². The van der Waals surface area contributed by atoms with Crippen LogP contribution in [0.4, 0.5) is 0 Å². The van der Waals surface area contributed by atoms with Gasteiger partial charge < -0.3 is 14.9 Å². The Bertz CT molecular complexity index is 400. The Labute approximate surface area is 129 Å². The van der Waals surface area contributed by atoms with Crippen molar-refractivity contribution in [1.82, 2.24) is 0 Å². The first-order chi connectivity index (χ1) is 9.79. The Balaban J connectivity index is 2.54. The van der Waals surface area contributed by atoms with Gasteiger partial charge in [0.2, 0.25) is 0 Å². The SMILES string of the molecule is CC(C)C(C)(CCc1ccccc1)OCC[C@@](C)(O)CO. The Hall–Kier alpha value is -0.900. The lowest BCUT2D eigenvalue weighted by molar-refractivity contribution is -0.0964. The quantitative estimate of drug-likeness (QED) is 0.735. The third-order valence-corrected chi connectivity index (χ3v) is 4.39. The molecule has 2 N–H and O–H groups in total. The monoisotopic (exact) mass is 294 g/mol. The highest BCUT2D eigenvalue weighted by Crippen LogP contribution is 2.28. The number of aliphatic hydroxyl groups is 2. The summed E-state index contributed by atoms with van der Waals surface area (Å²) in [7, 11) is 0. The Morgan fingerprint density at radius 2 is 1.71 bits per heavy atom. The van der Waals surface area contributed by atoms with Gasteiger partial charge in [-0.05, 0) is 38.2 Å². The number of aryl methyl sites for hydroxylation is 1. The van der Waals surface area contributed by atoms with Gasteiger partial charge in [-0.15, -0.1) is 0 Å². The van der Waals surface area contributed by atoms with E-state index in [9.17, 15) is 5.11 Å². The fourth-order valence-corrected chi connectivity index (χ4v) is 2.15. The van der Waals surface area contributed by atoms with Crippen molar-refractivity contribution in [2.75, 3.05) is 13.2 Å². The van der Waals surface area contributed by atoms with E-state index in [-0.39, 0.29) is 12.2 Å². The molecule has 0 fully saturated rings. The van der Waals surface area contributed by atoms with Crippen molar-refractivity contribution >= 4 is 0 Å². The lowest BCUT2D eigenvalue weighted by atomic mass is 9.86. The van der Waals surface area contributed by atoms with Crippen molar-refractivity contribution in [3.05, 3.63) is 35.9 Å². The summed E-state index contributed by atoms with van der Waals surface area (Å²) in [6.45, 7) is 8.31. The van der Waals surface area contributed by atoms with Crippen molar-refractivity contribution in [3.8, 4) is 0 Å². The van der Waals surface area contributed by atoms with Crippen molar-refractivity contribution < 1.29 is 14.9 Å². The first kappa shape index (κ1) is 18.1. The molecule has 1 aromatic carbocycles. The van der Waals surface area contributed by atoms with E-state index in [2.05, 4.69) is 45.0 Å². The summed E-state index contributed by atoms with van der Waals surface area (Å²) in [5, 5.41) is 18.9. The Morgan fingerprint density at radius 3 is 2.24 bits per heavy atom. The van der Waals surface area contributed by atoms with E-state index >= 15 is 0 Å². The highest BCUT2D eigenvalue weighted by Gasteiger charge is 2.30. The first-order valence-electron chi connectivity index (χ1n) is 7.80. The minimum Gasteiger partial charge on any atom is -0.393 e. The summed E-state index contributed by atoms with van der Waals surface area (Å²) in [4.78, 5) is 0. The van der Waals surface area contributed by atoms with Crippen LogP contribution in [0, 0.1) is 5.92 Å². The minimum atomic E-state index is -1.06. The number of ether oxygens (including phenoxy) is 1. The van der Waals surface area contributed by atoms with Crippen LogP contribution in [0.25, 0.3) is 0 Å². The zero-order valence-electron chi connectivity index (χ0n) is 13.8. The molecule has 0 bridgehead atoms. The molecule has 0 aliphatic carbocycles. The number of hydrogen-bond acceptors (Lipinski definition) is 3. The Kier molecular flexibility index (Phi) is 6.85. The van der Waals surface area contributed by atoms with E-state index in [1.54, 1.807) is 6.92 Å². The van der Waals surface area contributed by atoms with Crippen LogP contribution in [-0.4, -0.2) is 34.6 Å². The van der Waals surface area contributed by atoms with Crippen LogP contribution < -0.4 is 0 Å². The van der Waals surface area contributed by atoms with E-state index in [1.807, 2.05) is 6.07 Å². The molecule has 0 aliphatic heterocycles. The first-order valence-corrected chi connectivity index (χ1v) is 7.80. The lowest BCUT2D eigenvalue weighted by Crippen LogP contribution is -2.38. The number of aliphatic hydroxyl groups excluding tert-OH is 1. The number of rotatable bonds is 9. The molecule has 0 saturated carbocycles. The number of benzene rings is 1. The molecule has 0 amide bonds. The number of hydrogen-bond donors (Lipinski definition) is 2. The summed E-state index contributed by atoms with van der Waals surface area (Å²) in [6.07, 6.45) is 2.36. The van der Waals surface area contributed by atoms with Crippen LogP contribution >= 0.6 is 0 Å². The van der Waals surface area contributed by atoms with Crippen LogP contribution in [0.3, 0.4) is 0 Å². The summed E-state index contributed by atoms with van der Waals surface area (Å²) in [5.41, 5.74) is 0.0360. The fourth-order valence-electron chi connectivity index (χ4n) is 2.15. The molecule has 0 radical (unpaired) electrons. The van der Waals surface area contributed by atoms with Crippen LogP contribution in [0.1, 0.15) is 46.1 Å². The molecule has 0 aromatic heterocycles. The molecular weight excluding hydrogens is 264 g/mol. The topological polar surface area (TPSA) is 49.7 Å². The van der Waals surface area contributed by atoms with Gasteiger partial charge in [-0.25, -0.2) is 0 Å². The zero-order chi connectivity index (χ0) is 15.9. The van der Waals surface area contributed by atoms with Gasteiger partial charge in [0.25, 0.3) is 0 Å². The predicted octanol–water partition coefficient (Wildman–Crippen LogP) is 3.18. The molecule has 0 spiro atoms. The average molecular weight is 294 g/mol. The van der Waals surface area contributed by atoms with Gasteiger partial charge in [-0.3, -0.25) is 0 Å². The maximum absolute atomic E-state index is 9.84. The van der Waals surface area contributed by atoms with Gasteiger partial charge in [0, 0.05) is 6.42 Å². The predicted molar refractivity (Wildman–Crippen MR) is 86.3 cm³/mol. The van der Waals surface area contributed by atoms with Gasteiger partial charge in [0.1, 0.15) is 0 Å². The summed E-state index contributed by atoms with van der Waals surface area (Å²) in [6, 6.07) is 10.4. The van der Waals surface area contributed by atoms with Gasteiger partial charge in [0.05, 0.1) is 24.4 Å². The van der Waals surface area contributed by atoms with E-state index in [1.165, 1.54) is 5.56 Å². The fraction of sp³-hybridized carbons (Fsp3) is 0.667. The minimum absolute atomic E-state index is 0.221. The second-order valence-electron chi connectivity index (χ2n) is 6.71. The van der Waals surface area contributed by atoms with E-state index < -0.39 is 5.60 Å². The van der Waals surface area contributed by atoms with Crippen LogP contribution in [0.5, 0.6) is 0 Å². The molecule has 2 atom stereocenters. The molecule has 0 heterocycles. The summed E-state index contributed by atoms with van der Waals surface area (Å²) < 4.78 is 6.08. The van der Waals surface area contributed by atoms with E-state index in [0.29, 0.717) is 18.9 Å². The van der Waals surface area contributed by atoms with Crippen molar-refractivity contribution in [2.45, 2.75) is 58.2 Å². The van der Waals surface area contributed by atoms with Gasteiger partial charge in [-0.1, -0.05) is 44.2 Å². The standard InChI is InChI=1S/C18H30O3/c1-15(2)18(4,21-13-12-17(3,20)14-19)11-10-16-8-6-5-7-9-16/h5-9,15,19-20H,10-14H2,1-4H3/t17-,18?/m1/s1. The Morgan fingerprint density at radius 1 is 1.10 bits per heavy atom. The average Bonchev–Trinajstić information content (AvgIpc) is 2.46. The molecule has 3 nitrogen and oxygen atoms in total. The highest BCUT2D eigenvalue weighted by atomic mass is 16.5. The third kappa shape index (κ3) is 6.16.